The first-order chi connectivity index (χ1) is 7.31. The summed E-state index contributed by atoms with van der Waals surface area (Å²) >= 11 is 0. The molecule has 0 radical (unpaired) electrons. The highest BCUT2D eigenvalue weighted by molar-refractivity contribution is 5.73. The Morgan fingerprint density at radius 3 is 2.73 bits per heavy atom. The number of hydrogen-bond donors (Lipinski definition) is 2. The summed E-state index contributed by atoms with van der Waals surface area (Å²) in [7, 11) is 0. The van der Waals surface area contributed by atoms with E-state index in [-0.39, 0.29) is 0 Å². The fourth-order valence-electron chi connectivity index (χ4n) is 1.44. The van der Waals surface area contributed by atoms with E-state index in [4.69, 9.17) is 5.73 Å². The number of aromatic nitrogens is 2. The van der Waals surface area contributed by atoms with Crippen molar-refractivity contribution < 1.29 is 5.11 Å². The van der Waals surface area contributed by atoms with E-state index >= 15 is 0 Å². The summed E-state index contributed by atoms with van der Waals surface area (Å²) in [6, 6.07) is 7.57. The van der Waals surface area contributed by atoms with Crippen LogP contribution in [0.4, 0.5) is 0 Å². The smallest absolute Gasteiger partial charge is 0.0987 e. The minimum atomic E-state index is -0.618. The average Bonchev–Trinajstić information content (AvgIpc) is 2.29. The van der Waals surface area contributed by atoms with Gasteiger partial charge in [-0.05, 0) is 25.1 Å². The van der Waals surface area contributed by atoms with Crippen LogP contribution in [0, 0.1) is 0 Å². The summed E-state index contributed by atoms with van der Waals surface area (Å²) in [6.07, 6.45) is 1.49. The predicted molar refractivity (Wildman–Crippen MR) is 58.2 cm³/mol. The van der Waals surface area contributed by atoms with Crippen molar-refractivity contribution in [2.24, 2.45) is 5.73 Å². The molecule has 0 saturated heterocycles. The Morgan fingerprint density at radius 2 is 2.00 bits per heavy atom. The maximum atomic E-state index is 9.70. The lowest BCUT2D eigenvalue weighted by molar-refractivity contribution is 0.165. The largest absolute Gasteiger partial charge is 0.387 e. The van der Waals surface area contributed by atoms with Crippen molar-refractivity contribution >= 4 is 11.0 Å². The van der Waals surface area contributed by atoms with Crippen molar-refractivity contribution in [2.75, 3.05) is 6.54 Å². The van der Waals surface area contributed by atoms with Gasteiger partial charge >= 0.3 is 0 Å². The minimum Gasteiger partial charge on any atom is -0.387 e. The van der Waals surface area contributed by atoms with E-state index in [1.165, 1.54) is 0 Å². The van der Waals surface area contributed by atoms with Crippen LogP contribution >= 0.6 is 0 Å². The SMILES string of the molecule is NCCC(O)c1cnc2ccccc2n1. The van der Waals surface area contributed by atoms with E-state index in [1.54, 1.807) is 6.20 Å². The molecule has 1 aromatic heterocycles. The molecule has 4 heteroatoms. The maximum absolute atomic E-state index is 9.70. The van der Waals surface area contributed by atoms with Crippen molar-refractivity contribution in [3.05, 3.63) is 36.2 Å². The standard InChI is InChI=1S/C11H13N3O/c12-6-5-11(15)10-7-13-8-3-1-2-4-9(8)14-10/h1-4,7,11,15H,5-6,12H2. The molecule has 0 amide bonds. The van der Waals surface area contributed by atoms with E-state index in [1.807, 2.05) is 24.3 Å². The average molecular weight is 203 g/mol. The Kier molecular flexibility index (Phi) is 2.89. The van der Waals surface area contributed by atoms with Crippen LogP contribution in [0.2, 0.25) is 0 Å². The van der Waals surface area contributed by atoms with Crippen molar-refractivity contribution in [3.63, 3.8) is 0 Å². The minimum absolute atomic E-state index is 0.440. The molecule has 2 aromatic rings. The van der Waals surface area contributed by atoms with Gasteiger partial charge in [0.05, 0.1) is 29.0 Å². The van der Waals surface area contributed by atoms with E-state index in [9.17, 15) is 5.11 Å². The second-order valence-electron chi connectivity index (χ2n) is 3.38. The van der Waals surface area contributed by atoms with Crippen LogP contribution < -0.4 is 5.73 Å². The molecule has 0 bridgehead atoms. The predicted octanol–water partition coefficient (Wildman–Crippen LogP) is 1.01. The van der Waals surface area contributed by atoms with Crippen LogP contribution in [0.5, 0.6) is 0 Å². The first kappa shape index (κ1) is 10.0. The number of aliphatic hydroxyl groups is 1. The van der Waals surface area contributed by atoms with Gasteiger partial charge < -0.3 is 10.8 Å². The topological polar surface area (TPSA) is 72.0 Å². The Hall–Kier alpha value is -1.52. The van der Waals surface area contributed by atoms with Crippen LogP contribution in [-0.2, 0) is 0 Å². The van der Waals surface area contributed by atoms with Gasteiger partial charge in [0.15, 0.2) is 0 Å². The van der Waals surface area contributed by atoms with Gasteiger partial charge in [0.1, 0.15) is 0 Å². The molecule has 4 nitrogen and oxygen atoms in total. The first-order valence-corrected chi connectivity index (χ1v) is 4.91. The number of para-hydroxylation sites is 2. The summed E-state index contributed by atoms with van der Waals surface area (Å²) in [5.41, 5.74) is 7.59. The van der Waals surface area contributed by atoms with Gasteiger partial charge in [-0.3, -0.25) is 4.98 Å². The third-order valence-corrected chi connectivity index (χ3v) is 2.25. The summed E-state index contributed by atoms with van der Waals surface area (Å²) < 4.78 is 0. The fourth-order valence-corrected chi connectivity index (χ4v) is 1.44. The van der Waals surface area contributed by atoms with Crippen LogP contribution in [-0.4, -0.2) is 21.6 Å². The molecule has 0 spiro atoms. The summed E-state index contributed by atoms with van der Waals surface area (Å²) in [5.74, 6) is 0. The number of aliphatic hydroxyl groups excluding tert-OH is 1. The third kappa shape index (κ3) is 2.11. The van der Waals surface area contributed by atoms with Crippen LogP contribution in [0.1, 0.15) is 18.2 Å². The molecule has 0 saturated carbocycles. The number of nitrogens with two attached hydrogens (primary N) is 1. The van der Waals surface area contributed by atoms with E-state index in [0.29, 0.717) is 18.7 Å². The molecule has 78 valence electrons. The lowest BCUT2D eigenvalue weighted by Crippen LogP contribution is -2.08. The van der Waals surface area contributed by atoms with Gasteiger partial charge in [0.2, 0.25) is 0 Å². The summed E-state index contributed by atoms with van der Waals surface area (Å²) in [4.78, 5) is 8.55. The van der Waals surface area contributed by atoms with Crippen molar-refractivity contribution in [2.45, 2.75) is 12.5 Å². The van der Waals surface area contributed by atoms with E-state index < -0.39 is 6.10 Å². The third-order valence-electron chi connectivity index (χ3n) is 2.25. The molecule has 15 heavy (non-hydrogen) atoms. The van der Waals surface area contributed by atoms with Gasteiger partial charge in [-0.1, -0.05) is 12.1 Å². The number of hydrogen-bond acceptors (Lipinski definition) is 4. The number of fused-ring (bicyclic) bond motifs is 1. The van der Waals surface area contributed by atoms with Gasteiger partial charge in [0.25, 0.3) is 0 Å². The fraction of sp³-hybridized carbons (Fsp3) is 0.273. The molecular weight excluding hydrogens is 190 g/mol. The van der Waals surface area contributed by atoms with Gasteiger partial charge in [-0.25, -0.2) is 4.98 Å². The lowest BCUT2D eigenvalue weighted by atomic mass is 10.2. The molecule has 0 fully saturated rings. The quantitative estimate of drug-likeness (QED) is 0.781. The Balaban J connectivity index is 2.38. The van der Waals surface area contributed by atoms with Gasteiger partial charge in [0, 0.05) is 0 Å². The number of benzene rings is 1. The zero-order valence-corrected chi connectivity index (χ0v) is 8.30. The molecule has 1 unspecified atom stereocenters. The second kappa shape index (κ2) is 4.33. The van der Waals surface area contributed by atoms with E-state index in [2.05, 4.69) is 9.97 Å². The summed E-state index contributed by atoms with van der Waals surface area (Å²) in [5, 5.41) is 9.70. The Morgan fingerprint density at radius 1 is 1.27 bits per heavy atom. The molecule has 1 atom stereocenters. The monoisotopic (exact) mass is 203 g/mol. The van der Waals surface area contributed by atoms with Gasteiger partial charge in [-0.15, -0.1) is 0 Å². The maximum Gasteiger partial charge on any atom is 0.0987 e. The number of rotatable bonds is 3. The summed E-state index contributed by atoms with van der Waals surface area (Å²) in [6.45, 7) is 0.440. The van der Waals surface area contributed by atoms with Crippen molar-refractivity contribution in [1.82, 2.24) is 9.97 Å². The molecule has 0 aliphatic heterocycles. The van der Waals surface area contributed by atoms with Gasteiger partial charge in [-0.2, -0.15) is 0 Å². The molecule has 3 N–H and O–H groups in total. The second-order valence-corrected chi connectivity index (χ2v) is 3.38. The highest BCUT2D eigenvalue weighted by Crippen LogP contribution is 2.15. The van der Waals surface area contributed by atoms with Crippen LogP contribution in [0.25, 0.3) is 11.0 Å². The number of nitrogens with zero attached hydrogens (tertiary/aromatic N) is 2. The highest BCUT2D eigenvalue weighted by atomic mass is 16.3. The first-order valence-electron chi connectivity index (χ1n) is 4.91. The molecule has 1 heterocycles. The van der Waals surface area contributed by atoms with Crippen molar-refractivity contribution in [1.29, 1.82) is 0 Å². The lowest BCUT2D eigenvalue weighted by Gasteiger charge is -2.08. The molecule has 0 aliphatic carbocycles. The zero-order valence-electron chi connectivity index (χ0n) is 8.30. The molecular formula is C11H13N3O. The van der Waals surface area contributed by atoms with Crippen LogP contribution in [0.15, 0.2) is 30.5 Å². The Labute approximate surface area is 87.8 Å². The molecule has 1 aromatic carbocycles. The highest BCUT2D eigenvalue weighted by Gasteiger charge is 2.08. The zero-order chi connectivity index (χ0) is 10.7. The molecule has 2 rings (SSSR count). The van der Waals surface area contributed by atoms with E-state index in [0.717, 1.165) is 11.0 Å². The van der Waals surface area contributed by atoms with Crippen LogP contribution in [0.3, 0.4) is 0 Å². The Bertz CT molecular complexity index is 458. The normalized spacial score (nSPS) is 12.9. The van der Waals surface area contributed by atoms with Crippen molar-refractivity contribution in [3.8, 4) is 0 Å². The molecule has 0 aliphatic rings.